The second-order valence-corrected chi connectivity index (χ2v) is 4.67. The monoisotopic (exact) mass is 266 g/mol. The Labute approximate surface area is 109 Å². The minimum absolute atomic E-state index is 0.151. The SMILES string of the molecule is O=C1NC(=O)C(=C/C=C/C2CCCCC2F)C(=O)N1. The van der Waals surface area contributed by atoms with E-state index >= 15 is 0 Å². The molecule has 0 radical (unpaired) electrons. The molecular weight excluding hydrogens is 251 g/mol. The van der Waals surface area contributed by atoms with Crippen molar-refractivity contribution in [2.75, 3.05) is 0 Å². The number of alkyl halides is 1. The first kappa shape index (κ1) is 13.5. The number of hydrogen-bond acceptors (Lipinski definition) is 3. The molecule has 5 nitrogen and oxygen atoms in total. The number of rotatable bonds is 2. The molecule has 2 unspecified atom stereocenters. The molecule has 0 aromatic rings. The van der Waals surface area contributed by atoms with Gasteiger partial charge in [0.2, 0.25) is 0 Å². The molecule has 2 fully saturated rings. The minimum Gasteiger partial charge on any atom is -0.273 e. The molecule has 2 aliphatic rings. The van der Waals surface area contributed by atoms with Crippen molar-refractivity contribution in [1.82, 2.24) is 10.6 Å². The van der Waals surface area contributed by atoms with E-state index in [4.69, 9.17) is 0 Å². The average Bonchev–Trinajstić information content (AvgIpc) is 2.34. The number of barbiturate groups is 1. The van der Waals surface area contributed by atoms with Crippen molar-refractivity contribution < 1.29 is 18.8 Å². The Balaban J connectivity index is 2.02. The van der Waals surface area contributed by atoms with E-state index in [1.807, 2.05) is 10.6 Å². The molecule has 4 amide bonds. The predicted octanol–water partition coefficient (Wildman–Crippen LogP) is 1.36. The quantitative estimate of drug-likeness (QED) is 0.585. The zero-order valence-electron chi connectivity index (χ0n) is 10.3. The highest BCUT2D eigenvalue weighted by Gasteiger charge is 2.27. The van der Waals surface area contributed by atoms with Crippen LogP contribution in [-0.2, 0) is 9.59 Å². The highest BCUT2D eigenvalue weighted by Crippen LogP contribution is 2.27. The Morgan fingerprint density at radius 2 is 1.68 bits per heavy atom. The summed E-state index contributed by atoms with van der Waals surface area (Å²) in [6, 6.07) is -0.827. The van der Waals surface area contributed by atoms with Crippen LogP contribution in [0.5, 0.6) is 0 Å². The number of urea groups is 1. The summed E-state index contributed by atoms with van der Waals surface area (Å²) in [6.07, 6.45) is 6.85. The summed E-state index contributed by atoms with van der Waals surface area (Å²) in [5, 5.41) is 3.94. The van der Waals surface area contributed by atoms with Crippen LogP contribution in [0, 0.1) is 5.92 Å². The summed E-state index contributed by atoms with van der Waals surface area (Å²) in [6.45, 7) is 0. The van der Waals surface area contributed by atoms with E-state index in [1.54, 1.807) is 6.08 Å². The Morgan fingerprint density at radius 3 is 2.32 bits per heavy atom. The van der Waals surface area contributed by atoms with Crippen LogP contribution in [0.1, 0.15) is 25.7 Å². The molecule has 0 bridgehead atoms. The van der Waals surface area contributed by atoms with E-state index in [9.17, 15) is 18.8 Å². The fourth-order valence-corrected chi connectivity index (χ4v) is 2.25. The van der Waals surface area contributed by atoms with Gasteiger partial charge in [0, 0.05) is 5.92 Å². The van der Waals surface area contributed by atoms with Crippen molar-refractivity contribution in [3.05, 3.63) is 23.8 Å². The van der Waals surface area contributed by atoms with Crippen molar-refractivity contribution in [1.29, 1.82) is 0 Å². The number of amides is 4. The van der Waals surface area contributed by atoms with Crippen LogP contribution in [0.25, 0.3) is 0 Å². The van der Waals surface area contributed by atoms with Gasteiger partial charge in [-0.3, -0.25) is 20.2 Å². The molecule has 19 heavy (non-hydrogen) atoms. The van der Waals surface area contributed by atoms with Gasteiger partial charge in [-0.25, -0.2) is 9.18 Å². The fraction of sp³-hybridized carbons (Fsp3) is 0.462. The molecule has 1 heterocycles. The molecule has 1 aliphatic carbocycles. The minimum atomic E-state index is -0.862. The van der Waals surface area contributed by atoms with Crippen LogP contribution in [0.2, 0.25) is 0 Å². The van der Waals surface area contributed by atoms with E-state index in [0.717, 1.165) is 19.3 Å². The molecule has 0 aromatic heterocycles. The number of nitrogens with one attached hydrogen (secondary N) is 2. The third-order valence-corrected chi connectivity index (χ3v) is 3.30. The summed E-state index contributed by atoms with van der Waals surface area (Å²) in [4.78, 5) is 33.6. The van der Waals surface area contributed by atoms with E-state index < -0.39 is 24.0 Å². The van der Waals surface area contributed by atoms with Crippen molar-refractivity contribution in [2.24, 2.45) is 5.92 Å². The Kier molecular flexibility index (Phi) is 4.09. The van der Waals surface area contributed by atoms with E-state index in [-0.39, 0.29) is 11.5 Å². The summed E-state index contributed by atoms with van der Waals surface area (Å²) >= 11 is 0. The zero-order chi connectivity index (χ0) is 13.8. The maximum absolute atomic E-state index is 13.5. The molecule has 2 N–H and O–H groups in total. The molecule has 6 heteroatoms. The van der Waals surface area contributed by atoms with Gasteiger partial charge in [-0.15, -0.1) is 0 Å². The highest BCUT2D eigenvalue weighted by molar-refractivity contribution is 6.28. The van der Waals surface area contributed by atoms with Crippen molar-refractivity contribution in [2.45, 2.75) is 31.9 Å². The lowest BCUT2D eigenvalue weighted by Crippen LogP contribution is -2.51. The highest BCUT2D eigenvalue weighted by atomic mass is 19.1. The van der Waals surface area contributed by atoms with Crippen LogP contribution < -0.4 is 10.6 Å². The Bertz CT molecular complexity index is 449. The third-order valence-electron chi connectivity index (χ3n) is 3.30. The van der Waals surface area contributed by atoms with Crippen LogP contribution in [-0.4, -0.2) is 24.0 Å². The van der Waals surface area contributed by atoms with Crippen LogP contribution >= 0.6 is 0 Å². The summed E-state index contributed by atoms with van der Waals surface area (Å²) in [5.41, 5.74) is -0.151. The second kappa shape index (κ2) is 5.77. The average molecular weight is 266 g/mol. The van der Waals surface area contributed by atoms with Crippen molar-refractivity contribution in [3.8, 4) is 0 Å². The lowest BCUT2D eigenvalue weighted by Gasteiger charge is -2.22. The lowest BCUT2D eigenvalue weighted by atomic mass is 9.87. The van der Waals surface area contributed by atoms with Gasteiger partial charge in [0.15, 0.2) is 0 Å². The number of imide groups is 2. The maximum atomic E-state index is 13.5. The van der Waals surface area contributed by atoms with Crippen LogP contribution in [0.15, 0.2) is 23.8 Å². The van der Waals surface area contributed by atoms with Crippen molar-refractivity contribution >= 4 is 17.8 Å². The number of allylic oxidation sites excluding steroid dienone is 3. The molecule has 0 spiro atoms. The Morgan fingerprint density at radius 1 is 1.05 bits per heavy atom. The number of hydrogen-bond donors (Lipinski definition) is 2. The molecule has 2 rings (SSSR count). The van der Waals surface area contributed by atoms with Gasteiger partial charge in [-0.2, -0.15) is 0 Å². The Hall–Kier alpha value is -1.98. The van der Waals surface area contributed by atoms with E-state index in [1.165, 1.54) is 12.2 Å². The fourth-order valence-electron chi connectivity index (χ4n) is 2.25. The number of carbonyl (C=O) groups is 3. The van der Waals surface area contributed by atoms with Gasteiger partial charge in [-0.05, 0) is 18.9 Å². The standard InChI is InChI=1S/C13H15FN2O3/c14-10-7-2-1-4-8(10)5-3-6-9-11(17)15-13(19)16-12(9)18/h3,5-6,8,10H,1-2,4,7H2,(H2,15,16,17,18,19)/b5-3+. The zero-order valence-corrected chi connectivity index (χ0v) is 10.3. The molecule has 0 aromatic carbocycles. The second-order valence-electron chi connectivity index (χ2n) is 4.67. The molecule has 102 valence electrons. The van der Waals surface area contributed by atoms with E-state index in [2.05, 4.69) is 0 Å². The number of carbonyl (C=O) groups excluding carboxylic acids is 3. The van der Waals surface area contributed by atoms with Gasteiger partial charge in [0.05, 0.1) is 0 Å². The molecule has 1 aliphatic heterocycles. The maximum Gasteiger partial charge on any atom is 0.328 e. The first-order valence-electron chi connectivity index (χ1n) is 6.27. The summed E-state index contributed by atoms with van der Waals surface area (Å²) in [5.74, 6) is -1.64. The first-order valence-corrected chi connectivity index (χ1v) is 6.27. The van der Waals surface area contributed by atoms with Crippen LogP contribution in [0.3, 0.4) is 0 Å². The number of halogens is 1. The van der Waals surface area contributed by atoms with Gasteiger partial charge in [0.25, 0.3) is 11.8 Å². The summed E-state index contributed by atoms with van der Waals surface area (Å²) in [7, 11) is 0. The third kappa shape index (κ3) is 3.27. The predicted molar refractivity (Wildman–Crippen MR) is 65.8 cm³/mol. The smallest absolute Gasteiger partial charge is 0.273 e. The van der Waals surface area contributed by atoms with Gasteiger partial charge in [-0.1, -0.05) is 25.0 Å². The summed E-state index contributed by atoms with van der Waals surface area (Å²) < 4.78 is 13.5. The first-order chi connectivity index (χ1) is 9.08. The van der Waals surface area contributed by atoms with Gasteiger partial charge >= 0.3 is 6.03 Å². The molecule has 1 saturated carbocycles. The normalized spacial score (nSPS) is 28.3. The molecule has 2 atom stereocenters. The molecular formula is C13H15FN2O3. The van der Waals surface area contributed by atoms with Gasteiger partial charge in [0.1, 0.15) is 11.7 Å². The molecule has 1 saturated heterocycles. The van der Waals surface area contributed by atoms with Crippen LogP contribution in [0.4, 0.5) is 9.18 Å². The van der Waals surface area contributed by atoms with Crippen molar-refractivity contribution in [3.63, 3.8) is 0 Å². The lowest BCUT2D eigenvalue weighted by molar-refractivity contribution is -0.124. The van der Waals surface area contributed by atoms with Gasteiger partial charge < -0.3 is 0 Å². The topological polar surface area (TPSA) is 75.3 Å². The van der Waals surface area contributed by atoms with E-state index in [0.29, 0.717) is 6.42 Å². The largest absolute Gasteiger partial charge is 0.328 e.